The van der Waals surface area contributed by atoms with Gasteiger partial charge in [-0.3, -0.25) is 9.59 Å². The molecule has 2 aromatic rings. The van der Waals surface area contributed by atoms with Gasteiger partial charge in [0.25, 0.3) is 5.91 Å². The Bertz CT molecular complexity index is 1050. The number of aliphatic carboxylic acids is 1. The van der Waals surface area contributed by atoms with E-state index in [1.807, 2.05) is 12.1 Å². The van der Waals surface area contributed by atoms with Crippen LogP contribution in [-0.2, 0) is 11.2 Å². The van der Waals surface area contributed by atoms with Gasteiger partial charge in [-0.05, 0) is 41.3 Å². The Kier molecular flexibility index (Phi) is 3.84. The van der Waals surface area contributed by atoms with Crippen LogP contribution in [0.4, 0.5) is 0 Å². The Hall–Kier alpha value is -3.42. The second-order valence-corrected chi connectivity index (χ2v) is 7.18. The van der Waals surface area contributed by atoms with Gasteiger partial charge in [-0.15, -0.1) is 0 Å². The van der Waals surface area contributed by atoms with Crippen LogP contribution in [0.3, 0.4) is 0 Å². The van der Waals surface area contributed by atoms with E-state index < -0.39 is 17.9 Å². The molecule has 0 aromatic heterocycles. The zero-order valence-corrected chi connectivity index (χ0v) is 15.9. The summed E-state index contributed by atoms with van der Waals surface area (Å²) < 4.78 is 21.7. The molecule has 8 nitrogen and oxygen atoms in total. The van der Waals surface area contributed by atoms with Crippen LogP contribution in [0.5, 0.6) is 23.0 Å². The lowest BCUT2D eigenvalue weighted by Crippen LogP contribution is -2.48. The highest BCUT2D eigenvalue weighted by atomic mass is 16.7. The van der Waals surface area contributed by atoms with Crippen LogP contribution in [0, 0.1) is 0 Å². The number of carboxylic acids is 1. The standard InChI is InChI=1S/C21H19NO7/c1-26-13-4-3-11-16(21(24)25)18-12-8-15-14(28-9-29-15)7-10(12)5-6-22(18)20(23)17(11)19(13)27-2/h3-4,7-8,16,18H,5-6,9H2,1-2H3,(H,24,25). The minimum Gasteiger partial charge on any atom is -0.493 e. The average Bonchev–Trinajstić information content (AvgIpc) is 3.18. The molecule has 3 aliphatic rings. The van der Waals surface area contributed by atoms with E-state index in [9.17, 15) is 14.7 Å². The fourth-order valence-electron chi connectivity index (χ4n) is 4.63. The molecule has 0 spiro atoms. The molecule has 0 radical (unpaired) electrons. The largest absolute Gasteiger partial charge is 0.493 e. The van der Waals surface area contributed by atoms with Gasteiger partial charge in [-0.1, -0.05) is 6.07 Å². The quantitative estimate of drug-likeness (QED) is 0.850. The van der Waals surface area contributed by atoms with Crippen molar-refractivity contribution in [3.8, 4) is 23.0 Å². The van der Waals surface area contributed by atoms with Gasteiger partial charge in [0.1, 0.15) is 5.92 Å². The van der Waals surface area contributed by atoms with E-state index in [4.69, 9.17) is 18.9 Å². The van der Waals surface area contributed by atoms with Gasteiger partial charge >= 0.3 is 5.97 Å². The molecular formula is C21H19NO7. The Morgan fingerprint density at radius 3 is 2.59 bits per heavy atom. The van der Waals surface area contributed by atoms with Gasteiger partial charge in [-0.25, -0.2) is 0 Å². The molecule has 0 fully saturated rings. The molecule has 2 unspecified atom stereocenters. The summed E-state index contributed by atoms with van der Waals surface area (Å²) in [6.45, 7) is 0.535. The highest BCUT2D eigenvalue weighted by Crippen LogP contribution is 2.51. The molecule has 2 atom stereocenters. The van der Waals surface area contributed by atoms with Crippen molar-refractivity contribution < 1.29 is 33.6 Å². The summed E-state index contributed by atoms with van der Waals surface area (Å²) in [5.41, 5.74) is 2.42. The molecule has 0 aliphatic carbocycles. The van der Waals surface area contributed by atoms with E-state index in [1.54, 1.807) is 17.0 Å². The maximum Gasteiger partial charge on any atom is 0.313 e. The Morgan fingerprint density at radius 2 is 1.90 bits per heavy atom. The smallest absolute Gasteiger partial charge is 0.313 e. The average molecular weight is 397 g/mol. The van der Waals surface area contributed by atoms with Crippen LogP contribution in [0.15, 0.2) is 24.3 Å². The zero-order chi connectivity index (χ0) is 20.3. The maximum absolute atomic E-state index is 13.5. The fraction of sp³-hybridized carbons (Fsp3) is 0.333. The summed E-state index contributed by atoms with van der Waals surface area (Å²) >= 11 is 0. The second kappa shape index (κ2) is 6.30. The van der Waals surface area contributed by atoms with Gasteiger partial charge in [0, 0.05) is 6.54 Å². The van der Waals surface area contributed by atoms with Gasteiger partial charge in [0.15, 0.2) is 23.0 Å². The summed E-state index contributed by atoms with van der Waals surface area (Å²) in [6.07, 6.45) is 0.599. The molecular weight excluding hydrogens is 378 g/mol. The Morgan fingerprint density at radius 1 is 1.14 bits per heavy atom. The first-order chi connectivity index (χ1) is 14.0. The van der Waals surface area contributed by atoms with Crippen molar-refractivity contribution in [1.29, 1.82) is 0 Å². The normalized spacial score (nSPS) is 21.2. The molecule has 29 heavy (non-hydrogen) atoms. The van der Waals surface area contributed by atoms with E-state index >= 15 is 0 Å². The van der Waals surface area contributed by atoms with Crippen molar-refractivity contribution in [1.82, 2.24) is 4.90 Å². The monoisotopic (exact) mass is 397 g/mol. The number of benzene rings is 2. The van der Waals surface area contributed by atoms with Gasteiger partial charge in [0.2, 0.25) is 6.79 Å². The van der Waals surface area contributed by atoms with Crippen LogP contribution in [0.2, 0.25) is 0 Å². The molecule has 1 N–H and O–H groups in total. The van der Waals surface area contributed by atoms with Gasteiger partial charge in [0.05, 0.1) is 25.8 Å². The first-order valence-corrected chi connectivity index (χ1v) is 9.26. The molecule has 2 aromatic carbocycles. The Labute approximate surface area is 166 Å². The summed E-state index contributed by atoms with van der Waals surface area (Å²) in [4.78, 5) is 27.5. The van der Waals surface area contributed by atoms with Crippen molar-refractivity contribution in [2.75, 3.05) is 27.6 Å². The molecule has 0 saturated carbocycles. The van der Waals surface area contributed by atoms with Crippen LogP contribution >= 0.6 is 0 Å². The van der Waals surface area contributed by atoms with E-state index in [-0.39, 0.29) is 24.0 Å². The predicted molar refractivity (Wildman–Crippen MR) is 100.0 cm³/mol. The fourth-order valence-corrected chi connectivity index (χ4v) is 4.63. The number of methoxy groups -OCH3 is 2. The summed E-state index contributed by atoms with van der Waals surface area (Å²) in [5.74, 6) is -0.340. The minimum atomic E-state index is -1.01. The molecule has 3 heterocycles. The van der Waals surface area contributed by atoms with E-state index in [0.717, 1.165) is 11.1 Å². The minimum absolute atomic E-state index is 0.133. The molecule has 1 amide bonds. The summed E-state index contributed by atoms with van der Waals surface area (Å²) in [7, 11) is 2.92. The number of rotatable bonds is 3. The predicted octanol–water partition coefficient (Wildman–Crippen LogP) is 2.35. The van der Waals surface area contributed by atoms with Gasteiger partial charge < -0.3 is 29.0 Å². The van der Waals surface area contributed by atoms with Crippen LogP contribution in [0.1, 0.15) is 39.0 Å². The number of carbonyl (C=O) groups is 2. The second-order valence-electron chi connectivity index (χ2n) is 7.18. The lowest BCUT2D eigenvalue weighted by atomic mass is 9.76. The maximum atomic E-state index is 13.5. The van der Waals surface area contributed by atoms with Crippen LogP contribution < -0.4 is 18.9 Å². The van der Waals surface area contributed by atoms with Crippen molar-refractivity contribution in [3.05, 3.63) is 46.5 Å². The summed E-state index contributed by atoms with van der Waals surface area (Å²) in [6, 6.07) is 6.35. The number of ether oxygens (including phenoxy) is 4. The van der Waals surface area contributed by atoms with Crippen molar-refractivity contribution in [2.45, 2.75) is 18.4 Å². The lowest BCUT2D eigenvalue weighted by Gasteiger charge is -2.44. The number of hydrogen-bond acceptors (Lipinski definition) is 6. The molecule has 5 rings (SSSR count). The van der Waals surface area contributed by atoms with Crippen LogP contribution in [0.25, 0.3) is 0 Å². The highest BCUT2D eigenvalue weighted by molar-refractivity contribution is 6.03. The number of hydrogen-bond donors (Lipinski definition) is 1. The van der Waals surface area contributed by atoms with Crippen LogP contribution in [-0.4, -0.2) is 49.4 Å². The summed E-state index contributed by atoms with van der Waals surface area (Å²) in [5, 5.41) is 10.2. The van der Waals surface area contributed by atoms with Crippen molar-refractivity contribution in [3.63, 3.8) is 0 Å². The lowest BCUT2D eigenvalue weighted by molar-refractivity contribution is -0.140. The third-order valence-corrected chi connectivity index (χ3v) is 5.88. The van der Waals surface area contributed by atoms with Crippen molar-refractivity contribution >= 4 is 11.9 Å². The van der Waals surface area contributed by atoms with E-state index in [2.05, 4.69) is 0 Å². The Balaban J connectivity index is 1.74. The number of carboxylic acid groups (broad SMARTS) is 1. The number of amides is 1. The number of nitrogens with zero attached hydrogens (tertiary/aromatic N) is 1. The molecule has 3 aliphatic heterocycles. The third kappa shape index (κ3) is 2.38. The first kappa shape index (κ1) is 17.7. The topological polar surface area (TPSA) is 94.5 Å². The molecule has 0 saturated heterocycles. The SMILES string of the molecule is COc1ccc2c(c1OC)C(=O)N1CCc3cc4c(cc3C1C2C(=O)O)OCO4. The van der Waals surface area contributed by atoms with E-state index in [0.29, 0.717) is 35.8 Å². The van der Waals surface area contributed by atoms with E-state index in [1.165, 1.54) is 14.2 Å². The van der Waals surface area contributed by atoms with Gasteiger partial charge in [-0.2, -0.15) is 0 Å². The van der Waals surface area contributed by atoms with Crippen molar-refractivity contribution in [2.24, 2.45) is 0 Å². The highest BCUT2D eigenvalue weighted by Gasteiger charge is 2.48. The first-order valence-electron chi connectivity index (χ1n) is 9.26. The molecule has 8 heteroatoms. The molecule has 0 bridgehead atoms. The molecule has 150 valence electrons. The third-order valence-electron chi connectivity index (χ3n) is 5.88. The number of carbonyl (C=O) groups excluding carboxylic acids is 1. The zero-order valence-electron chi connectivity index (χ0n) is 15.9. The number of fused-ring (bicyclic) bond motifs is 5.